The lowest BCUT2D eigenvalue weighted by atomic mass is 10.1. The zero-order valence-corrected chi connectivity index (χ0v) is 16.1. The van der Waals surface area contributed by atoms with Crippen LogP contribution in [0.25, 0.3) is 11.0 Å². The molecule has 1 unspecified atom stereocenters. The molecule has 2 N–H and O–H groups in total. The summed E-state index contributed by atoms with van der Waals surface area (Å²) in [5.41, 5.74) is 4.64. The maximum absolute atomic E-state index is 5.14. The summed E-state index contributed by atoms with van der Waals surface area (Å²) in [4.78, 5) is 8.70. The van der Waals surface area contributed by atoms with Crippen LogP contribution >= 0.6 is 0 Å². The lowest BCUT2D eigenvalue weighted by Gasteiger charge is -2.17. The molecule has 27 heavy (non-hydrogen) atoms. The Bertz CT molecular complexity index is 885. The Hall–Kier alpha value is -2.86. The van der Waals surface area contributed by atoms with Gasteiger partial charge < -0.3 is 19.9 Å². The molecule has 6 nitrogen and oxygen atoms in total. The molecule has 1 aromatic heterocycles. The second-order valence-electron chi connectivity index (χ2n) is 6.60. The van der Waals surface area contributed by atoms with Gasteiger partial charge in [0, 0.05) is 33.3 Å². The molecular weight excluding hydrogens is 338 g/mol. The number of hydrogen-bond acceptors (Lipinski definition) is 3. The Morgan fingerprint density at radius 2 is 1.89 bits per heavy atom. The van der Waals surface area contributed by atoms with Crippen LogP contribution in [0.15, 0.2) is 59.9 Å². The number of ether oxygens (including phenoxy) is 1. The van der Waals surface area contributed by atoms with Gasteiger partial charge in [-0.05, 0) is 30.2 Å². The first kappa shape index (κ1) is 18.9. The molecule has 0 aliphatic rings. The average molecular weight is 365 g/mol. The Morgan fingerprint density at radius 3 is 2.63 bits per heavy atom. The van der Waals surface area contributed by atoms with Crippen molar-refractivity contribution in [1.82, 2.24) is 20.2 Å². The Morgan fingerprint density at radius 1 is 1.15 bits per heavy atom. The third kappa shape index (κ3) is 5.08. The van der Waals surface area contributed by atoms with Crippen LogP contribution in [0, 0.1) is 0 Å². The van der Waals surface area contributed by atoms with E-state index in [0.29, 0.717) is 13.2 Å². The van der Waals surface area contributed by atoms with Gasteiger partial charge in [0.25, 0.3) is 0 Å². The number of hydrogen-bond donors (Lipinski definition) is 2. The van der Waals surface area contributed by atoms with Crippen molar-refractivity contribution in [3.05, 3.63) is 66.0 Å². The van der Waals surface area contributed by atoms with Crippen molar-refractivity contribution in [3.63, 3.8) is 0 Å². The van der Waals surface area contributed by atoms with Gasteiger partial charge in [-0.15, -0.1) is 0 Å². The molecule has 3 aromatic rings. The standard InChI is InChI=1S/C21H27N5O/c1-16(14-27-3)25-21(22-2)23-12-17-8-10-18(11-9-17)13-26-15-24-19-6-4-5-7-20(19)26/h4-11,15-16H,12-14H2,1-3H3,(H2,22,23,25). The molecule has 0 saturated carbocycles. The zero-order valence-electron chi connectivity index (χ0n) is 16.1. The minimum atomic E-state index is 0.202. The first-order chi connectivity index (χ1) is 13.2. The largest absolute Gasteiger partial charge is 0.383 e. The van der Waals surface area contributed by atoms with Gasteiger partial charge in [0.1, 0.15) is 0 Å². The fourth-order valence-corrected chi connectivity index (χ4v) is 3.00. The number of aliphatic imine (C=N–C) groups is 1. The van der Waals surface area contributed by atoms with Crippen LogP contribution in [-0.2, 0) is 17.8 Å². The van der Waals surface area contributed by atoms with Crippen LogP contribution in [0.5, 0.6) is 0 Å². The molecule has 142 valence electrons. The average Bonchev–Trinajstić information content (AvgIpc) is 3.09. The Kier molecular flexibility index (Phi) is 6.44. The maximum atomic E-state index is 5.14. The lowest BCUT2D eigenvalue weighted by molar-refractivity contribution is 0.179. The summed E-state index contributed by atoms with van der Waals surface area (Å²) in [5.74, 6) is 0.772. The predicted octanol–water partition coefficient (Wildman–Crippen LogP) is 2.78. The number of methoxy groups -OCH3 is 1. The van der Waals surface area contributed by atoms with Crippen LogP contribution in [-0.4, -0.2) is 42.3 Å². The van der Waals surface area contributed by atoms with Crippen molar-refractivity contribution < 1.29 is 4.74 Å². The lowest BCUT2D eigenvalue weighted by Crippen LogP contribution is -2.43. The van der Waals surface area contributed by atoms with Gasteiger partial charge in [-0.3, -0.25) is 4.99 Å². The third-order valence-electron chi connectivity index (χ3n) is 4.39. The fraction of sp³-hybridized carbons (Fsp3) is 0.333. The van der Waals surface area contributed by atoms with E-state index in [1.165, 1.54) is 11.1 Å². The monoisotopic (exact) mass is 365 g/mol. The topological polar surface area (TPSA) is 63.5 Å². The second kappa shape index (κ2) is 9.19. The van der Waals surface area contributed by atoms with E-state index >= 15 is 0 Å². The number of nitrogens with one attached hydrogen (secondary N) is 2. The molecule has 6 heteroatoms. The van der Waals surface area contributed by atoms with Gasteiger partial charge in [0.2, 0.25) is 0 Å². The molecule has 0 spiro atoms. The van der Waals surface area contributed by atoms with Crippen molar-refractivity contribution in [2.24, 2.45) is 4.99 Å². The molecule has 0 radical (unpaired) electrons. The highest BCUT2D eigenvalue weighted by molar-refractivity contribution is 5.79. The summed E-state index contributed by atoms with van der Waals surface area (Å²) < 4.78 is 7.32. The highest BCUT2D eigenvalue weighted by Crippen LogP contribution is 2.14. The first-order valence-corrected chi connectivity index (χ1v) is 9.13. The summed E-state index contributed by atoms with van der Waals surface area (Å²) in [6.45, 7) is 4.23. The molecule has 0 aliphatic heterocycles. The maximum Gasteiger partial charge on any atom is 0.191 e. The van der Waals surface area contributed by atoms with Crippen molar-refractivity contribution >= 4 is 17.0 Å². The predicted molar refractivity (Wildman–Crippen MR) is 110 cm³/mol. The minimum absolute atomic E-state index is 0.202. The molecule has 3 rings (SSSR count). The van der Waals surface area contributed by atoms with E-state index in [-0.39, 0.29) is 6.04 Å². The summed E-state index contributed by atoms with van der Waals surface area (Å²) in [7, 11) is 3.47. The molecule has 0 saturated heterocycles. The Labute approximate surface area is 160 Å². The number of rotatable bonds is 7. The van der Waals surface area contributed by atoms with Crippen LogP contribution in [0.3, 0.4) is 0 Å². The SMILES string of the molecule is CN=C(NCc1ccc(Cn2cnc3ccccc32)cc1)NC(C)COC. The first-order valence-electron chi connectivity index (χ1n) is 9.13. The highest BCUT2D eigenvalue weighted by atomic mass is 16.5. The number of benzene rings is 2. The summed E-state index contributed by atoms with van der Waals surface area (Å²) in [5, 5.41) is 6.63. The van der Waals surface area contributed by atoms with Gasteiger partial charge >= 0.3 is 0 Å². The van der Waals surface area contributed by atoms with Crippen LogP contribution in [0.1, 0.15) is 18.1 Å². The number of nitrogens with zero attached hydrogens (tertiary/aromatic N) is 3. The van der Waals surface area contributed by atoms with Crippen LogP contribution in [0.4, 0.5) is 0 Å². The summed E-state index contributed by atoms with van der Waals surface area (Å²) >= 11 is 0. The normalized spacial score (nSPS) is 12.9. The fourth-order valence-electron chi connectivity index (χ4n) is 3.00. The molecule has 0 bridgehead atoms. The van der Waals surface area contributed by atoms with Gasteiger partial charge in [-0.2, -0.15) is 0 Å². The van der Waals surface area contributed by atoms with E-state index in [1.807, 2.05) is 24.5 Å². The molecule has 1 atom stereocenters. The number of guanidine groups is 1. The molecule has 2 aromatic carbocycles. The quantitative estimate of drug-likeness (QED) is 0.499. The third-order valence-corrected chi connectivity index (χ3v) is 4.39. The van der Waals surface area contributed by atoms with E-state index in [1.54, 1.807) is 14.2 Å². The highest BCUT2D eigenvalue weighted by Gasteiger charge is 2.05. The van der Waals surface area contributed by atoms with E-state index in [9.17, 15) is 0 Å². The van der Waals surface area contributed by atoms with Gasteiger partial charge in [-0.1, -0.05) is 36.4 Å². The van der Waals surface area contributed by atoms with Gasteiger partial charge in [-0.25, -0.2) is 4.98 Å². The smallest absolute Gasteiger partial charge is 0.191 e. The number of imidazole rings is 1. The molecule has 0 amide bonds. The molecular formula is C21H27N5O. The van der Waals surface area contributed by atoms with Gasteiger partial charge in [0.15, 0.2) is 5.96 Å². The van der Waals surface area contributed by atoms with Crippen molar-refractivity contribution in [1.29, 1.82) is 0 Å². The van der Waals surface area contributed by atoms with E-state index in [2.05, 4.69) is 62.4 Å². The molecule has 0 fully saturated rings. The van der Waals surface area contributed by atoms with E-state index in [4.69, 9.17) is 4.74 Å². The number of fused-ring (bicyclic) bond motifs is 1. The zero-order chi connectivity index (χ0) is 19.1. The molecule has 1 heterocycles. The molecule has 0 aliphatic carbocycles. The van der Waals surface area contributed by atoms with Crippen molar-refractivity contribution in [2.75, 3.05) is 20.8 Å². The summed E-state index contributed by atoms with van der Waals surface area (Å²) in [6.07, 6.45) is 1.90. The van der Waals surface area contributed by atoms with Crippen molar-refractivity contribution in [2.45, 2.75) is 26.1 Å². The van der Waals surface area contributed by atoms with Crippen LogP contribution in [0.2, 0.25) is 0 Å². The van der Waals surface area contributed by atoms with E-state index in [0.717, 1.165) is 23.5 Å². The minimum Gasteiger partial charge on any atom is -0.383 e. The van der Waals surface area contributed by atoms with E-state index < -0.39 is 0 Å². The summed E-state index contributed by atoms with van der Waals surface area (Å²) in [6, 6.07) is 17.0. The number of para-hydroxylation sites is 2. The Balaban J connectivity index is 1.57. The van der Waals surface area contributed by atoms with Gasteiger partial charge in [0.05, 0.1) is 24.0 Å². The second-order valence-corrected chi connectivity index (χ2v) is 6.60. The van der Waals surface area contributed by atoms with Crippen molar-refractivity contribution in [3.8, 4) is 0 Å². The van der Waals surface area contributed by atoms with Crippen LogP contribution < -0.4 is 10.6 Å². The number of aromatic nitrogens is 2.